The second-order valence-electron chi connectivity index (χ2n) is 4.26. The first kappa shape index (κ1) is 14.4. The smallest absolute Gasteiger partial charge is 0.311 e. The van der Waals surface area contributed by atoms with Crippen molar-refractivity contribution in [2.45, 2.75) is 20.3 Å². The predicted octanol–water partition coefficient (Wildman–Crippen LogP) is 1.97. The van der Waals surface area contributed by atoms with E-state index in [-0.39, 0.29) is 12.2 Å². The lowest BCUT2D eigenvalue weighted by molar-refractivity contribution is -0.147. The standard InChI is InChI=1S/C12H15ClN2O3/c1-3-12(2,11(17)18)7-15-10(16)9-6-8(13)4-5-14-9/h4-6H,3,7H2,1-2H3,(H,15,16)(H,17,18). The minimum atomic E-state index is -0.978. The lowest BCUT2D eigenvalue weighted by atomic mass is 9.88. The molecule has 0 fully saturated rings. The summed E-state index contributed by atoms with van der Waals surface area (Å²) in [6.45, 7) is 3.39. The molecule has 98 valence electrons. The number of aromatic nitrogens is 1. The van der Waals surface area contributed by atoms with Gasteiger partial charge in [0, 0.05) is 17.8 Å². The summed E-state index contributed by atoms with van der Waals surface area (Å²) in [5.74, 6) is -1.37. The monoisotopic (exact) mass is 270 g/mol. The van der Waals surface area contributed by atoms with Gasteiger partial charge < -0.3 is 10.4 Å². The number of carbonyl (C=O) groups excluding carboxylic acids is 1. The number of amides is 1. The molecule has 18 heavy (non-hydrogen) atoms. The largest absolute Gasteiger partial charge is 0.481 e. The minimum absolute atomic E-state index is 0.0475. The Morgan fingerprint density at radius 3 is 2.72 bits per heavy atom. The number of nitrogens with one attached hydrogen (secondary N) is 1. The van der Waals surface area contributed by atoms with Crippen molar-refractivity contribution in [2.24, 2.45) is 5.41 Å². The van der Waals surface area contributed by atoms with E-state index >= 15 is 0 Å². The average Bonchev–Trinajstić information content (AvgIpc) is 2.35. The van der Waals surface area contributed by atoms with E-state index in [1.54, 1.807) is 19.9 Å². The zero-order valence-electron chi connectivity index (χ0n) is 10.2. The summed E-state index contributed by atoms with van der Waals surface area (Å²) in [4.78, 5) is 26.7. The maximum atomic E-state index is 11.8. The van der Waals surface area contributed by atoms with Gasteiger partial charge in [-0.15, -0.1) is 0 Å². The van der Waals surface area contributed by atoms with Gasteiger partial charge in [-0.3, -0.25) is 14.6 Å². The summed E-state index contributed by atoms with van der Waals surface area (Å²) in [6.07, 6.45) is 1.85. The molecule has 1 aromatic heterocycles. The van der Waals surface area contributed by atoms with Gasteiger partial charge in [-0.1, -0.05) is 18.5 Å². The quantitative estimate of drug-likeness (QED) is 0.857. The van der Waals surface area contributed by atoms with Crippen molar-refractivity contribution in [1.29, 1.82) is 0 Å². The molecule has 2 N–H and O–H groups in total. The van der Waals surface area contributed by atoms with E-state index in [1.807, 2.05) is 0 Å². The van der Waals surface area contributed by atoms with Gasteiger partial charge in [0.05, 0.1) is 5.41 Å². The second kappa shape index (κ2) is 5.82. The fourth-order valence-corrected chi connectivity index (χ4v) is 1.41. The first-order chi connectivity index (χ1) is 8.39. The van der Waals surface area contributed by atoms with Crippen molar-refractivity contribution >= 4 is 23.5 Å². The maximum Gasteiger partial charge on any atom is 0.311 e. The minimum Gasteiger partial charge on any atom is -0.481 e. The predicted molar refractivity (Wildman–Crippen MR) is 67.6 cm³/mol. The van der Waals surface area contributed by atoms with Crippen LogP contribution >= 0.6 is 11.6 Å². The Hall–Kier alpha value is -1.62. The second-order valence-corrected chi connectivity index (χ2v) is 4.70. The lowest BCUT2D eigenvalue weighted by Gasteiger charge is -2.23. The number of hydrogen-bond acceptors (Lipinski definition) is 3. The Morgan fingerprint density at radius 2 is 2.22 bits per heavy atom. The zero-order chi connectivity index (χ0) is 13.8. The van der Waals surface area contributed by atoms with Crippen LogP contribution in [0.25, 0.3) is 0 Å². The van der Waals surface area contributed by atoms with Crippen molar-refractivity contribution < 1.29 is 14.7 Å². The average molecular weight is 271 g/mol. The van der Waals surface area contributed by atoms with Crippen LogP contribution in [-0.4, -0.2) is 28.5 Å². The molecule has 1 aromatic rings. The Morgan fingerprint density at radius 1 is 1.56 bits per heavy atom. The molecule has 1 heterocycles. The van der Waals surface area contributed by atoms with Crippen molar-refractivity contribution in [3.63, 3.8) is 0 Å². The summed E-state index contributed by atoms with van der Waals surface area (Å²) in [6, 6.07) is 2.99. The van der Waals surface area contributed by atoms with Crippen LogP contribution in [0.1, 0.15) is 30.8 Å². The number of carboxylic acid groups (broad SMARTS) is 1. The highest BCUT2D eigenvalue weighted by Gasteiger charge is 2.31. The summed E-state index contributed by atoms with van der Waals surface area (Å²) in [5.41, 5.74) is -0.805. The van der Waals surface area contributed by atoms with Gasteiger partial charge in [-0.05, 0) is 25.5 Å². The van der Waals surface area contributed by atoms with Gasteiger partial charge in [0.2, 0.25) is 0 Å². The highest BCUT2D eigenvalue weighted by Crippen LogP contribution is 2.20. The topological polar surface area (TPSA) is 79.3 Å². The number of carboxylic acids is 1. The summed E-state index contributed by atoms with van der Waals surface area (Å²) in [5, 5.41) is 12.0. The Balaban J connectivity index is 2.69. The number of halogens is 1. The molecular weight excluding hydrogens is 256 g/mol. The van der Waals surface area contributed by atoms with Crippen LogP contribution in [0, 0.1) is 5.41 Å². The van der Waals surface area contributed by atoms with Gasteiger partial charge in [0.1, 0.15) is 5.69 Å². The Labute approximate surface area is 110 Å². The molecule has 1 atom stereocenters. The van der Waals surface area contributed by atoms with Crippen LogP contribution in [-0.2, 0) is 4.79 Å². The molecule has 0 aliphatic heterocycles. The van der Waals surface area contributed by atoms with E-state index in [9.17, 15) is 9.59 Å². The molecule has 1 amide bonds. The van der Waals surface area contributed by atoms with E-state index in [0.717, 1.165) is 0 Å². The van der Waals surface area contributed by atoms with Gasteiger partial charge in [-0.25, -0.2) is 0 Å². The van der Waals surface area contributed by atoms with Gasteiger partial charge in [0.25, 0.3) is 5.91 Å². The molecule has 1 rings (SSSR count). The molecular formula is C12H15ClN2O3. The van der Waals surface area contributed by atoms with Crippen molar-refractivity contribution in [3.8, 4) is 0 Å². The third kappa shape index (κ3) is 3.43. The van der Waals surface area contributed by atoms with Crippen LogP contribution in [0.15, 0.2) is 18.3 Å². The van der Waals surface area contributed by atoms with E-state index in [1.165, 1.54) is 12.3 Å². The normalized spacial score (nSPS) is 13.7. The molecule has 0 bridgehead atoms. The number of pyridine rings is 1. The Kier molecular flexibility index (Phi) is 4.67. The molecule has 0 aliphatic rings. The third-order valence-corrected chi connectivity index (χ3v) is 3.13. The summed E-state index contributed by atoms with van der Waals surface area (Å²) < 4.78 is 0. The number of aliphatic carboxylic acids is 1. The molecule has 6 heteroatoms. The van der Waals surface area contributed by atoms with Crippen LogP contribution in [0.4, 0.5) is 0 Å². The van der Waals surface area contributed by atoms with E-state index in [0.29, 0.717) is 11.4 Å². The van der Waals surface area contributed by atoms with E-state index in [2.05, 4.69) is 10.3 Å². The Bertz CT molecular complexity index is 464. The van der Waals surface area contributed by atoms with Crippen LogP contribution in [0.5, 0.6) is 0 Å². The van der Waals surface area contributed by atoms with E-state index in [4.69, 9.17) is 16.7 Å². The molecule has 1 unspecified atom stereocenters. The number of hydrogen-bond donors (Lipinski definition) is 2. The fraction of sp³-hybridized carbons (Fsp3) is 0.417. The van der Waals surface area contributed by atoms with Crippen molar-refractivity contribution in [3.05, 3.63) is 29.0 Å². The first-order valence-electron chi connectivity index (χ1n) is 5.52. The molecule has 0 saturated carbocycles. The third-order valence-electron chi connectivity index (χ3n) is 2.89. The van der Waals surface area contributed by atoms with Crippen LogP contribution < -0.4 is 5.32 Å². The maximum absolute atomic E-state index is 11.8. The highest BCUT2D eigenvalue weighted by atomic mass is 35.5. The van der Waals surface area contributed by atoms with Crippen molar-refractivity contribution in [1.82, 2.24) is 10.3 Å². The first-order valence-corrected chi connectivity index (χ1v) is 5.90. The fourth-order valence-electron chi connectivity index (χ4n) is 1.25. The van der Waals surface area contributed by atoms with E-state index < -0.39 is 17.3 Å². The molecule has 5 nitrogen and oxygen atoms in total. The van der Waals surface area contributed by atoms with Gasteiger partial charge in [-0.2, -0.15) is 0 Å². The molecule has 0 radical (unpaired) electrons. The summed E-state index contributed by atoms with van der Waals surface area (Å²) >= 11 is 5.74. The molecule has 0 aliphatic carbocycles. The molecule has 0 aromatic carbocycles. The lowest BCUT2D eigenvalue weighted by Crippen LogP contribution is -2.40. The molecule has 0 spiro atoms. The number of carbonyl (C=O) groups is 2. The van der Waals surface area contributed by atoms with Crippen LogP contribution in [0.2, 0.25) is 5.02 Å². The zero-order valence-corrected chi connectivity index (χ0v) is 11.0. The summed E-state index contributed by atoms with van der Waals surface area (Å²) in [7, 11) is 0. The van der Waals surface area contributed by atoms with Gasteiger partial charge in [0.15, 0.2) is 0 Å². The van der Waals surface area contributed by atoms with Crippen LogP contribution in [0.3, 0.4) is 0 Å². The number of nitrogens with zero attached hydrogens (tertiary/aromatic N) is 1. The molecule has 0 saturated heterocycles. The van der Waals surface area contributed by atoms with Gasteiger partial charge >= 0.3 is 5.97 Å². The highest BCUT2D eigenvalue weighted by molar-refractivity contribution is 6.30. The number of rotatable bonds is 5. The SMILES string of the molecule is CCC(C)(CNC(=O)c1cc(Cl)ccn1)C(=O)O. The van der Waals surface area contributed by atoms with Crippen molar-refractivity contribution in [2.75, 3.05) is 6.54 Å².